The number of rotatable bonds is 7. The second-order valence-electron chi connectivity index (χ2n) is 8.22. The number of ether oxygens (including phenoxy) is 1. The van der Waals surface area contributed by atoms with Crippen molar-refractivity contribution in [3.63, 3.8) is 0 Å². The predicted molar refractivity (Wildman–Crippen MR) is 117 cm³/mol. The van der Waals surface area contributed by atoms with Crippen molar-refractivity contribution in [3.05, 3.63) is 70.6 Å². The molecule has 8 heteroatoms. The number of aryl methyl sites for hydroxylation is 1. The summed E-state index contributed by atoms with van der Waals surface area (Å²) >= 11 is 0. The van der Waals surface area contributed by atoms with Crippen LogP contribution in [0.5, 0.6) is 11.5 Å². The lowest BCUT2D eigenvalue weighted by Gasteiger charge is -2.16. The highest BCUT2D eigenvalue weighted by Crippen LogP contribution is 2.56. The first-order valence-corrected chi connectivity index (χ1v) is 11.3. The average molecular weight is 460 g/mol. The van der Waals surface area contributed by atoms with Crippen molar-refractivity contribution in [2.24, 2.45) is 5.92 Å². The van der Waals surface area contributed by atoms with Gasteiger partial charge in [-0.25, -0.2) is 8.42 Å². The zero-order valence-electron chi connectivity index (χ0n) is 17.9. The van der Waals surface area contributed by atoms with Crippen LogP contribution in [0.15, 0.2) is 58.9 Å². The van der Waals surface area contributed by atoms with E-state index in [4.69, 9.17) is 0 Å². The molecule has 0 spiro atoms. The first kappa shape index (κ1) is 23.5. The maximum absolute atomic E-state index is 13.4. The second kappa shape index (κ2) is 8.06. The zero-order chi connectivity index (χ0) is 23.9. The van der Waals surface area contributed by atoms with E-state index >= 15 is 0 Å². The first-order valence-electron chi connectivity index (χ1n) is 9.85. The van der Waals surface area contributed by atoms with Crippen LogP contribution in [0.2, 0.25) is 0 Å². The van der Waals surface area contributed by atoms with Crippen LogP contribution in [0.3, 0.4) is 0 Å². The van der Waals surface area contributed by atoms with Gasteiger partial charge in [0.05, 0.1) is 4.90 Å². The lowest BCUT2D eigenvalue weighted by molar-refractivity contribution is -0.131. The number of sulfone groups is 1. The third-order valence-electron chi connectivity index (χ3n) is 5.90. The van der Waals surface area contributed by atoms with Crippen LogP contribution in [0, 0.1) is 24.2 Å². The van der Waals surface area contributed by atoms with E-state index in [0.717, 1.165) is 12.5 Å². The summed E-state index contributed by atoms with van der Waals surface area (Å²) in [6, 6.07) is 9.51. The molecule has 0 heterocycles. The molecule has 2 aromatic carbocycles. The molecule has 3 rings (SSSR count). The number of nitriles is 1. The van der Waals surface area contributed by atoms with Gasteiger partial charge in [-0.3, -0.25) is 0 Å². The molecule has 1 saturated carbocycles. The van der Waals surface area contributed by atoms with Gasteiger partial charge in [-0.2, -0.15) is 14.0 Å². The summed E-state index contributed by atoms with van der Waals surface area (Å²) in [6.45, 7) is 8.76. The minimum absolute atomic E-state index is 0.156. The van der Waals surface area contributed by atoms with E-state index in [2.05, 4.69) is 18.2 Å². The first-order chi connectivity index (χ1) is 14.8. The van der Waals surface area contributed by atoms with Crippen LogP contribution in [-0.4, -0.2) is 19.6 Å². The van der Waals surface area contributed by atoms with Crippen molar-refractivity contribution in [1.29, 1.82) is 5.26 Å². The van der Waals surface area contributed by atoms with Gasteiger partial charge in [0.2, 0.25) is 9.84 Å². The summed E-state index contributed by atoms with van der Waals surface area (Å²) in [5.74, 6) is 0.137. The van der Waals surface area contributed by atoms with E-state index in [1.807, 2.05) is 6.92 Å². The van der Waals surface area contributed by atoms with Crippen molar-refractivity contribution in [2.75, 3.05) is 0 Å². The molecule has 1 aliphatic carbocycles. The highest BCUT2D eigenvalue weighted by atomic mass is 32.2. The molecule has 0 radical (unpaired) electrons. The highest BCUT2D eigenvalue weighted by Gasteiger charge is 2.49. The summed E-state index contributed by atoms with van der Waals surface area (Å²) in [4.78, 5) is -0.920. The molecule has 0 amide bonds. The van der Waals surface area contributed by atoms with Gasteiger partial charge in [0, 0.05) is 11.6 Å². The van der Waals surface area contributed by atoms with Gasteiger partial charge in [-0.15, -0.1) is 0 Å². The molecule has 0 saturated heterocycles. The Bertz CT molecular complexity index is 1260. The van der Waals surface area contributed by atoms with E-state index in [1.165, 1.54) is 24.3 Å². The van der Waals surface area contributed by atoms with Crippen LogP contribution >= 0.6 is 0 Å². The van der Waals surface area contributed by atoms with Crippen molar-refractivity contribution >= 4 is 15.9 Å². The molecule has 0 bridgehead atoms. The standard InChI is InChI=1S/C24H23F2NO4S/c1-5-24(25,26)31-18-7-6-8-19(12-18)32(29,30)20(14-27)10-17-9-15(2)22(28)21(11-17)23(4)13-16(23)3/h5-12,16,28H,1,13H2,2-4H3/b20-10+. The molecular formula is C24H23F2NO4S. The Kier molecular flexibility index (Phi) is 5.92. The number of aromatic hydroxyl groups is 1. The van der Waals surface area contributed by atoms with E-state index in [1.54, 1.807) is 25.1 Å². The van der Waals surface area contributed by atoms with Crippen molar-refractivity contribution in [1.82, 2.24) is 0 Å². The van der Waals surface area contributed by atoms with Crippen molar-refractivity contribution in [2.45, 2.75) is 43.6 Å². The summed E-state index contributed by atoms with van der Waals surface area (Å²) < 4.78 is 57.5. The van der Waals surface area contributed by atoms with Gasteiger partial charge >= 0.3 is 6.11 Å². The number of hydrogen-bond donors (Lipinski definition) is 1. The number of phenolic OH excluding ortho intramolecular Hbond substituents is 1. The molecular weight excluding hydrogens is 436 g/mol. The topological polar surface area (TPSA) is 87.4 Å². The number of benzene rings is 2. The monoisotopic (exact) mass is 459 g/mol. The number of phenols is 1. The minimum atomic E-state index is -4.31. The number of allylic oxidation sites excluding steroid dienone is 1. The number of nitrogens with zero attached hydrogens (tertiary/aromatic N) is 1. The third-order valence-corrected chi connectivity index (χ3v) is 7.56. The van der Waals surface area contributed by atoms with Gasteiger partial charge in [0.15, 0.2) is 0 Å². The molecule has 32 heavy (non-hydrogen) atoms. The Balaban J connectivity index is 2.04. The smallest absolute Gasteiger partial charge is 0.419 e. The lowest BCUT2D eigenvalue weighted by Crippen LogP contribution is -2.21. The van der Waals surface area contributed by atoms with Gasteiger partial charge in [-0.1, -0.05) is 26.5 Å². The number of hydrogen-bond acceptors (Lipinski definition) is 5. The van der Waals surface area contributed by atoms with Crippen LogP contribution in [0.4, 0.5) is 8.78 Å². The summed E-state index contributed by atoms with van der Waals surface area (Å²) in [6.07, 6.45) is -1.28. The normalized spacial score (nSPS) is 21.0. The minimum Gasteiger partial charge on any atom is -0.507 e. The van der Waals surface area contributed by atoms with Gasteiger partial charge in [0.1, 0.15) is 22.5 Å². The maximum Gasteiger partial charge on any atom is 0.419 e. The van der Waals surface area contributed by atoms with Crippen molar-refractivity contribution in [3.8, 4) is 17.6 Å². The van der Waals surface area contributed by atoms with E-state index in [0.29, 0.717) is 28.7 Å². The van der Waals surface area contributed by atoms with Crippen LogP contribution in [0.1, 0.15) is 37.0 Å². The van der Waals surface area contributed by atoms with Gasteiger partial charge in [-0.05, 0) is 72.2 Å². The van der Waals surface area contributed by atoms with Crippen LogP contribution in [-0.2, 0) is 15.3 Å². The molecule has 1 fully saturated rings. The molecule has 5 nitrogen and oxygen atoms in total. The maximum atomic E-state index is 13.4. The predicted octanol–water partition coefficient (Wildman–Crippen LogP) is 5.49. The highest BCUT2D eigenvalue weighted by molar-refractivity contribution is 7.95. The van der Waals surface area contributed by atoms with E-state index < -0.39 is 20.9 Å². The van der Waals surface area contributed by atoms with Gasteiger partial charge < -0.3 is 9.84 Å². The molecule has 168 valence electrons. The zero-order valence-corrected chi connectivity index (χ0v) is 18.7. The second-order valence-corrected chi connectivity index (χ2v) is 10.1. The number of alkyl halides is 2. The summed E-state index contributed by atoms with van der Waals surface area (Å²) in [7, 11) is -4.31. The summed E-state index contributed by atoms with van der Waals surface area (Å²) in [5, 5.41) is 20.1. The third kappa shape index (κ3) is 4.39. The van der Waals surface area contributed by atoms with Crippen LogP contribution < -0.4 is 4.74 Å². The van der Waals surface area contributed by atoms with E-state index in [-0.39, 0.29) is 21.8 Å². The molecule has 0 aromatic heterocycles. The Hall–Kier alpha value is -3.18. The van der Waals surface area contributed by atoms with Crippen LogP contribution in [0.25, 0.3) is 6.08 Å². The molecule has 0 aliphatic heterocycles. The SMILES string of the molecule is C=CC(F)(F)Oc1cccc(S(=O)(=O)/C(C#N)=C/c2cc(C)c(O)c(C3(C)CC3C)c2)c1. The van der Waals surface area contributed by atoms with E-state index in [9.17, 15) is 27.6 Å². The Labute approximate surface area is 186 Å². The van der Waals surface area contributed by atoms with Gasteiger partial charge in [0.25, 0.3) is 0 Å². The fraction of sp³-hybridized carbons (Fsp3) is 0.292. The molecule has 2 unspecified atom stereocenters. The Morgan fingerprint density at radius 1 is 1.38 bits per heavy atom. The number of halogens is 2. The Morgan fingerprint density at radius 2 is 2.03 bits per heavy atom. The molecule has 1 aliphatic rings. The Morgan fingerprint density at radius 3 is 2.59 bits per heavy atom. The molecule has 2 aromatic rings. The fourth-order valence-corrected chi connectivity index (χ4v) is 4.83. The average Bonchev–Trinajstić information content (AvgIpc) is 3.35. The lowest BCUT2D eigenvalue weighted by atomic mass is 9.91. The van der Waals surface area contributed by atoms with Crippen molar-refractivity contribution < 1.29 is 27.0 Å². The quantitative estimate of drug-likeness (QED) is 0.437. The largest absolute Gasteiger partial charge is 0.507 e. The fourth-order valence-electron chi connectivity index (χ4n) is 3.63. The molecule has 2 atom stereocenters. The molecule has 1 N–H and O–H groups in total. The summed E-state index contributed by atoms with van der Waals surface area (Å²) in [5.41, 5.74) is 1.49.